The van der Waals surface area contributed by atoms with Crippen molar-refractivity contribution < 1.29 is 9.57 Å². The second kappa shape index (κ2) is 10.1. The van der Waals surface area contributed by atoms with E-state index >= 15 is 0 Å². The van der Waals surface area contributed by atoms with Crippen LogP contribution in [-0.4, -0.2) is 42.7 Å². The fourth-order valence-electron chi connectivity index (χ4n) is 3.41. The van der Waals surface area contributed by atoms with Crippen molar-refractivity contribution in [3.05, 3.63) is 47.2 Å². The lowest BCUT2D eigenvalue weighted by molar-refractivity contribution is 0.160. The highest BCUT2D eigenvalue weighted by molar-refractivity contribution is 5.81. The van der Waals surface area contributed by atoms with E-state index in [0.717, 1.165) is 54.5 Å². The summed E-state index contributed by atoms with van der Waals surface area (Å²) in [5.74, 6) is 2.61. The third-order valence-electron chi connectivity index (χ3n) is 5.15. The van der Waals surface area contributed by atoms with Gasteiger partial charge in [-0.2, -0.15) is 5.10 Å². The van der Waals surface area contributed by atoms with Crippen molar-refractivity contribution >= 4 is 12.0 Å². The molecule has 28 heavy (non-hydrogen) atoms. The van der Waals surface area contributed by atoms with Crippen molar-refractivity contribution in [2.45, 2.75) is 40.0 Å². The summed E-state index contributed by atoms with van der Waals surface area (Å²) in [6, 6.07) is 10.2. The Labute approximate surface area is 167 Å². The summed E-state index contributed by atoms with van der Waals surface area (Å²) >= 11 is 0. The zero-order valence-corrected chi connectivity index (χ0v) is 17.1. The molecule has 1 aromatic heterocycles. The molecule has 0 atom stereocenters. The molecule has 0 aliphatic carbocycles. The van der Waals surface area contributed by atoms with Crippen LogP contribution in [-0.2, 0) is 4.84 Å². The Morgan fingerprint density at radius 2 is 1.96 bits per heavy atom. The van der Waals surface area contributed by atoms with E-state index < -0.39 is 0 Å². The number of hydrogen-bond donors (Lipinski definition) is 0. The monoisotopic (exact) mass is 382 g/mol. The highest BCUT2D eigenvalue weighted by atomic mass is 16.6. The average molecular weight is 383 g/mol. The second-order valence-corrected chi connectivity index (χ2v) is 7.27. The van der Waals surface area contributed by atoms with Gasteiger partial charge in [0.1, 0.15) is 12.4 Å². The summed E-state index contributed by atoms with van der Waals surface area (Å²) in [4.78, 5) is 7.35. The number of piperidine rings is 1. The third-order valence-corrected chi connectivity index (χ3v) is 5.15. The summed E-state index contributed by atoms with van der Waals surface area (Å²) in [7, 11) is 0. The van der Waals surface area contributed by atoms with Crippen LogP contribution < -0.4 is 9.64 Å². The normalized spacial score (nSPS) is 15.2. The predicted octanol–water partition coefficient (Wildman–Crippen LogP) is 4.15. The maximum absolute atomic E-state index is 5.98. The van der Waals surface area contributed by atoms with Gasteiger partial charge in [-0.05, 0) is 87.4 Å². The van der Waals surface area contributed by atoms with Gasteiger partial charge < -0.3 is 14.5 Å². The van der Waals surface area contributed by atoms with Gasteiger partial charge in [0.2, 0.25) is 0 Å². The molecule has 0 saturated carbocycles. The van der Waals surface area contributed by atoms with Crippen molar-refractivity contribution in [3.8, 4) is 5.75 Å². The van der Waals surface area contributed by atoms with Gasteiger partial charge in [-0.25, -0.2) is 0 Å². The third kappa shape index (κ3) is 5.68. The summed E-state index contributed by atoms with van der Waals surface area (Å²) in [5, 5.41) is 12.4. The largest absolute Gasteiger partial charge is 0.494 e. The van der Waals surface area contributed by atoms with Gasteiger partial charge in [-0.1, -0.05) is 5.16 Å². The van der Waals surface area contributed by atoms with E-state index in [-0.39, 0.29) is 0 Å². The molecule has 150 valence electrons. The molecule has 1 fully saturated rings. The summed E-state index contributed by atoms with van der Waals surface area (Å²) in [6.45, 7) is 9.34. The van der Waals surface area contributed by atoms with Crippen molar-refractivity contribution in [1.82, 2.24) is 10.2 Å². The maximum atomic E-state index is 5.98. The number of benzene rings is 1. The zero-order valence-electron chi connectivity index (χ0n) is 17.1. The standard InChI is InChI=1S/C22H30N4O2/c1-4-28-23-16-20-6-7-21(15-17(20)2)27-14-11-19-9-12-26(13-10-19)22-8-5-18(3)24-25-22/h5-8,15-16,19H,4,9-14H2,1-3H3/b23-16+. The number of nitrogens with zero attached hydrogens (tertiary/aromatic N) is 4. The number of rotatable bonds is 8. The first-order valence-corrected chi connectivity index (χ1v) is 10.1. The molecule has 6 heteroatoms. The van der Waals surface area contributed by atoms with Crippen LogP contribution in [0.4, 0.5) is 5.82 Å². The van der Waals surface area contributed by atoms with E-state index in [0.29, 0.717) is 12.5 Å². The van der Waals surface area contributed by atoms with Crippen LogP contribution in [0.1, 0.15) is 43.0 Å². The molecular weight excluding hydrogens is 352 g/mol. The highest BCUT2D eigenvalue weighted by Gasteiger charge is 2.20. The number of anilines is 1. The smallest absolute Gasteiger partial charge is 0.151 e. The topological polar surface area (TPSA) is 59.8 Å². The summed E-state index contributed by atoms with van der Waals surface area (Å²) in [5.41, 5.74) is 3.14. The van der Waals surface area contributed by atoms with Crippen LogP contribution in [0, 0.1) is 19.8 Å². The lowest BCUT2D eigenvalue weighted by Crippen LogP contribution is -2.34. The molecule has 2 aromatic rings. The molecule has 0 radical (unpaired) electrons. The Bertz CT molecular complexity index is 769. The second-order valence-electron chi connectivity index (χ2n) is 7.27. The van der Waals surface area contributed by atoms with Gasteiger partial charge in [0.25, 0.3) is 0 Å². The molecule has 1 aromatic carbocycles. The van der Waals surface area contributed by atoms with Crippen LogP contribution in [0.15, 0.2) is 35.5 Å². The zero-order chi connectivity index (χ0) is 19.8. The summed E-state index contributed by atoms with van der Waals surface area (Å²) in [6.07, 6.45) is 5.17. The Balaban J connectivity index is 1.41. The quantitative estimate of drug-likeness (QED) is 0.507. The van der Waals surface area contributed by atoms with E-state index in [9.17, 15) is 0 Å². The molecule has 1 aliphatic heterocycles. The van der Waals surface area contributed by atoms with Gasteiger partial charge in [-0.3, -0.25) is 0 Å². The Morgan fingerprint density at radius 3 is 2.64 bits per heavy atom. The molecule has 0 bridgehead atoms. The first kappa shape index (κ1) is 20.1. The van der Waals surface area contributed by atoms with E-state index in [1.54, 1.807) is 6.21 Å². The highest BCUT2D eigenvalue weighted by Crippen LogP contribution is 2.24. The van der Waals surface area contributed by atoms with Crippen LogP contribution in [0.3, 0.4) is 0 Å². The minimum absolute atomic E-state index is 0.577. The molecule has 0 N–H and O–H groups in total. The van der Waals surface area contributed by atoms with E-state index in [1.807, 2.05) is 32.0 Å². The van der Waals surface area contributed by atoms with Crippen molar-refractivity contribution in [2.75, 3.05) is 31.2 Å². The minimum Gasteiger partial charge on any atom is -0.494 e. The molecule has 2 heterocycles. The molecular formula is C22H30N4O2. The van der Waals surface area contributed by atoms with E-state index in [2.05, 4.69) is 39.3 Å². The molecule has 0 amide bonds. The van der Waals surface area contributed by atoms with Crippen LogP contribution >= 0.6 is 0 Å². The van der Waals surface area contributed by atoms with E-state index in [1.165, 1.54) is 12.8 Å². The molecule has 3 rings (SSSR count). The molecule has 0 unspecified atom stereocenters. The number of ether oxygens (including phenoxy) is 1. The van der Waals surface area contributed by atoms with Gasteiger partial charge in [-0.15, -0.1) is 5.10 Å². The fraction of sp³-hybridized carbons (Fsp3) is 0.500. The first-order valence-electron chi connectivity index (χ1n) is 10.1. The van der Waals surface area contributed by atoms with Gasteiger partial charge in [0.05, 0.1) is 18.5 Å². The van der Waals surface area contributed by atoms with Gasteiger partial charge in [0, 0.05) is 13.1 Å². The van der Waals surface area contributed by atoms with Crippen LogP contribution in [0.2, 0.25) is 0 Å². The SMILES string of the molecule is CCO/N=C/c1ccc(OCCC2CCN(c3ccc(C)nn3)CC2)cc1C. The Morgan fingerprint density at radius 1 is 1.14 bits per heavy atom. The number of oxime groups is 1. The number of aromatic nitrogens is 2. The maximum Gasteiger partial charge on any atom is 0.151 e. The number of hydrogen-bond acceptors (Lipinski definition) is 6. The lowest BCUT2D eigenvalue weighted by atomic mass is 9.94. The molecule has 1 aliphatic rings. The molecule has 6 nitrogen and oxygen atoms in total. The van der Waals surface area contributed by atoms with Crippen LogP contribution in [0.5, 0.6) is 5.75 Å². The fourth-order valence-corrected chi connectivity index (χ4v) is 3.41. The van der Waals surface area contributed by atoms with Crippen molar-refractivity contribution in [2.24, 2.45) is 11.1 Å². The van der Waals surface area contributed by atoms with Crippen molar-refractivity contribution in [3.63, 3.8) is 0 Å². The van der Waals surface area contributed by atoms with Crippen molar-refractivity contribution in [1.29, 1.82) is 0 Å². The Hall–Kier alpha value is -2.63. The van der Waals surface area contributed by atoms with Gasteiger partial charge in [0.15, 0.2) is 5.82 Å². The molecule has 1 saturated heterocycles. The van der Waals surface area contributed by atoms with E-state index in [4.69, 9.17) is 9.57 Å². The summed E-state index contributed by atoms with van der Waals surface area (Å²) < 4.78 is 5.98. The first-order chi connectivity index (χ1) is 13.7. The average Bonchev–Trinajstić information content (AvgIpc) is 2.71. The predicted molar refractivity (Wildman–Crippen MR) is 112 cm³/mol. The molecule has 0 spiro atoms. The minimum atomic E-state index is 0.577. The van der Waals surface area contributed by atoms with Gasteiger partial charge >= 0.3 is 0 Å². The number of aryl methyl sites for hydroxylation is 2. The lowest BCUT2D eigenvalue weighted by Gasteiger charge is -2.32. The Kier molecular flexibility index (Phi) is 7.23. The van der Waals surface area contributed by atoms with Crippen LogP contribution in [0.25, 0.3) is 0 Å².